The molecule has 8 nitrogen and oxygen atoms in total. The van der Waals surface area contributed by atoms with Gasteiger partial charge in [0.25, 0.3) is 5.91 Å². The van der Waals surface area contributed by atoms with Gasteiger partial charge in [-0.1, -0.05) is 42.5 Å². The number of halogens is 3. The van der Waals surface area contributed by atoms with E-state index in [0.717, 1.165) is 43.6 Å². The fourth-order valence-electron chi connectivity index (χ4n) is 5.34. The first-order valence-electron chi connectivity index (χ1n) is 14.1. The molecule has 2 aromatic carbocycles. The fraction of sp³-hybridized carbons (Fsp3) is 0.250. The van der Waals surface area contributed by atoms with E-state index in [0.29, 0.717) is 28.5 Å². The molecule has 5 aromatic rings. The molecule has 1 fully saturated rings. The maximum Gasteiger partial charge on any atom is 0.416 e. The maximum atomic E-state index is 13.7. The van der Waals surface area contributed by atoms with Gasteiger partial charge in [-0.3, -0.25) is 9.20 Å². The molecule has 0 spiro atoms. The number of alkyl halides is 3. The van der Waals surface area contributed by atoms with Crippen molar-refractivity contribution in [1.82, 2.24) is 30.0 Å². The number of aromatic nitrogens is 4. The normalized spacial score (nSPS) is 14.9. The predicted molar refractivity (Wildman–Crippen MR) is 158 cm³/mol. The lowest BCUT2D eigenvalue weighted by Gasteiger charge is -2.23. The molecule has 0 bridgehead atoms. The Morgan fingerprint density at radius 3 is 2.56 bits per heavy atom. The largest absolute Gasteiger partial charge is 0.416 e. The zero-order valence-corrected chi connectivity index (χ0v) is 23.4. The standard InChI is InChI=1S/C32H30F3N7O/c1-20(21-7-3-2-4-8-21)38-31-37-17-14-26(40-31)28-27(22-9-5-10-23(19-22)32(33,34)35)41-29-25(11-6-18-42(28)29)30(43)39-24-12-15-36-16-13-24/h2-11,14,17-20,24,36H,12-13,15-16H2,1H3,(H,39,43)(H,37,38,40)/t20-/m0/s1. The molecule has 43 heavy (non-hydrogen) atoms. The molecule has 1 saturated heterocycles. The third kappa shape index (κ3) is 6.07. The Bertz CT molecular complexity index is 1750. The Hall–Kier alpha value is -4.77. The number of fused-ring (bicyclic) bond motifs is 1. The van der Waals surface area contributed by atoms with Crippen molar-refractivity contribution in [1.29, 1.82) is 0 Å². The van der Waals surface area contributed by atoms with Crippen LogP contribution >= 0.6 is 0 Å². The summed E-state index contributed by atoms with van der Waals surface area (Å²) in [5.74, 6) is 0.0602. The fourth-order valence-corrected chi connectivity index (χ4v) is 5.34. The minimum Gasteiger partial charge on any atom is -0.349 e. The van der Waals surface area contributed by atoms with Gasteiger partial charge in [0.1, 0.15) is 0 Å². The number of benzene rings is 2. The first-order chi connectivity index (χ1) is 20.8. The van der Waals surface area contributed by atoms with Crippen LogP contribution in [0.25, 0.3) is 28.3 Å². The van der Waals surface area contributed by atoms with Crippen LogP contribution in [0, 0.1) is 0 Å². The van der Waals surface area contributed by atoms with Crippen LogP contribution in [0.15, 0.2) is 85.2 Å². The summed E-state index contributed by atoms with van der Waals surface area (Å²) in [5, 5.41) is 9.68. The number of rotatable bonds is 7. The Kier molecular flexibility index (Phi) is 7.81. The summed E-state index contributed by atoms with van der Waals surface area (Å²) >= 11 is 0. The van der Waals surface area contributed by atoms with E-state index < -0.39 is 11.7 Å². The highest BCUT2D eigenvalue weighted by molar-refractivity contribution is 6.01. The summed E-state index contributed by atoms with van der Waals surface area (Å²) < 4.78 is 42.8. The molecule has 0 unspecified atom stereocenters. The lowest BCUT2D eigenvalue weighted by Crippen LogP contribution is -2.42. The summed E-state index contributed by atoms with van der Waals surface area (Å²) in [6, 6.07) is 19.8. The number of carbonyl (C=O) groups is 1. The van der Waals surface area contributed by atoms with Gasteiger partial charge in [0, 0.05) is 24.0 Å². The van der Waals surface area contributed by atoms with E-state index in [1.807, 2.05) is 37.3 Å². The Balaban J connectivity index is 1.46. The molecule has 1 atom stereocenters. The lowest BCUT2D eigenvalue weighted by molar-refractivity contribution is -0.137. The molecular formula is C32H30F3N7O. The van der Waals surface area contributed by atoms with E-state index in [4.69, 9.17) is 9.97 Å². The third-order valence-electron chi connectivity index (χ3n) is 7.58. The highest BCUT2D eigenvalue weighted by Gasteiger charge is 2.31. The van der Waals surface area contributed by atoms with Gasteiger partial charge in [-0.25, -0.2) is 15.0 Å². The van der Waals surface area contributed by atoms with Gasteiger partial charge in [0.15, 0.2) is 5.65 Å². The van der Waals surface area contributed by atoms with Gasteiger partial charge in [-0.15, -0.1) is 0 Å². The molecule has 4 heterocycles. The minimum atomic E-state index is -4.53. The average molecular weight is 586 g/mol. The van der Waals surface area contributed by atoms with Crippen molar-refractivity contribution in [2.45, 2.75) is 38.0 Å². The van der Waals surface area contributed by atoms with Gasteiger partial charge in [0.2, 0.25) is 5.95 Å². The predicted octanol–water partition coefficient (Wildman–Crippen LogP) is 6.13. The molecule has 220 valence electrons. The quantitative estimate of drug-likeness (QED) is 0.213. The highest BCUT2D eigenvalue weighted by Crippen LogP contribution is 2.37. The van der Waals surface area contributed by atoms with Gasteiger partial charge >= 0.3 is 6.18 Å². The van der Waals surface area contributed by atoms with Crippen molar-refractivity contribution < 1.29 is 18.0 Å². The molecule has 0 radical (unpaired) electrons. The third-order valence-corrected chi connectivity index (χ3v) is 7.58. The number of amides is 1. The van der Waals surface area contributed by atoms with Gasteiger partial charge in [-0.2, -0.15) is 13.2 Å². The van der Waals surface area contributed by atoms with Crippen molar-refractivity contribution in [2.24, 2.45) is 0 Å². The van der Waals surface area contributed by atoms with Crippen LogP contribution in [0.2, 0.25) is 0 Å². The second-order valence-corrected chi connectivity index (χ2v) is 10.5. The molecule has 1 amide bonds. The molecule has 11 heteroatoms. The topological polar surface area (TPSA) is 96.2 Å². The SMILES string of the molecule is C[C@H](Nc1nccc(-c2c(-c3cccc(C(F)(F)F)c3)nc3c(C(=O)NC4CCNCC4)cccn23)n1)c1ccccc1. The molecule has 1 aliphatic heterocycles. The monoisotopic (exact) mass is 585 g/mol. The summed E-state index contributed by atoms with van der Waals surface area (Å²) in [6.45, 7) is 3.62. The summed E-state index contributed by atoms with van der Waals surface area (Å²) in [6.07, 6.45) is 0.405. The van der Waals surface area contributed by atoms with E-state index in [2.05, 4.69) is 20.9 Å². The van der Waals surface area contributed by atoms with E-state index in [9.17, 15) is 18.0 Å². The zero-order chi connectivity index (χ0) is 30.0. The zero-order valence-electron chi connectivity index (χ0n) is 23.4. The maximum absolute atomic E-state index is 13.7. The summed E-state index contributed by atoms with van der Waals surface area (Å²) in [5.41, 5.74) is 2.31. The lowest BCUT2D eigenvalue weighted by atomic mass is 10.0. The van der Waals surface area contributed by atoms with Crippen molar-refractivity contribution in [3.63, 3.8) is 0 Å². The number of nitrogens with zero attached hydrogens (tertiary/aromatic N) is 4. The molecule has 3 aromatic heterocycles. The Labute approximate surface area is 246 Å². The molecule has 0 saturated carbocycles. The van der Waals surface area contributed by atoms with Crippen LogP contribution < -0.4 is 16.0 Å². The second-order valence-electron chi connectivity index (χ2n) is 10.5. The highest BCUT2D eigenvalue weighted by atomic mass is 19.4. The number of nitrogens with one attached hydrogen (secondary N) is 3. The summed E-state index contributed by atoms with van der Waals surface area (Å²) in [4.78, 5) is 27.4. The van der Waals surface area contributed by atoms with E-state index >= 15 is 0 Å². The average Bonchev–Trinajstić information content (AvgIpc) is 3.42. The van der Waals surface area contributed by atoms with Crippen LogP contribution in [0.4, 0.5) is 19.1 Å². The number of anilines is 1. The van der Waals surface area contributed by atoms with Crippen LogP contribution in [-0.4, -0.2) is 44.4 Å². The van der Waals surface area contributed by atoms with Crippen molar-refractivity contribution in [2.75, 3.05) is 18.4 Å². The minimum absolute atomic E-state index is 0.0217. The van der Waals surface area contributed by atoms with E-state index in [1.165, 1.54) is 6.07 Å². The molecule has 3 N–H and O–H groups in total. The number of hydrogen-bond acceptors (Lipinski definition) is 6. The van der Waals surface area contributed by atoms with Crippen LogP contribution in [0.3, 0.4) is 0 Å². The van der Waals surface area contributed by atoms with Crippen molar-refractivity contribution >= 4 is 17.5 Å². The van der Waals surface area contributed by atoms with Gasteiger partial charge in [-0.05, 0) is 68.8 Å². The number of carbonyl (C=O) groups excluding carboxylic acids is 1. The first kappa shape index (κ1) is 28.4. The number of imidazole rings is 1. The van der Waals surface area contributed by atoms with E-state index in [1.54, 1.807) is 41.1 Å². The van der Waals surface area contributed by atoms with Gasteiger partial charge in [0.05, 0.1) is 34.3 Å². The first-order valence-corrected chi connectivity index (χ1v) is 14.1. The molecule has 0 aliphatic carbocycles. The van der Waals surface area contributed by atoms with E-state index in [-0.39, 0.29) is 29.2 Å². The van der Waals surface area contributed by atoms with Crippen LogP contribution in [0.5, 0.6) is 0 Å². The molecular weight excluding hydrogens is 555 g/mol. The number of piperidine rings is 1. The smallest absolute Gasteiger partial charge is 0.349 e. The second kappa shape index (κ2) is 11.8. The van der Waals surface area contributed by atoms with Crippen molar-refractivity contribution in [3.05, 3.63) is 102 Å². The number of hydrogen-bond donors (Lipinski definition) is 3. The number of pyridine rings is 1. The Morgan fingerprint density at radius 2 is 1.79 bits per heavy atom. The summed E-state index contributed by atoms with van der Waals surface area (Å²) in [7, 11) is 0. The molecule has 6 rings (SSSR count). The van der Waals surface area contributed by atoms with Crippen molar-refractivity contribution in [3.8, 4) is 22.6 Å². The van der Waals surface area contributed by atoms with Gasteiger partial charge < -0.3 is 16.0 Å². The van der Waals surface area contributed by atoms with Crippen LogP contribution in [0.1, 0.15) is 47.3 Å². The van der Waals surface area contributed by atoms with Crippen LogP contribution in [-0.2, 0) is 6.18 Å². The molecule has 1 aliphatic rings. The Morgan fingerprint density at radius 1 is 1.00 bits per heavy atom.